The molecule has 2 aromatic rings. The van der Waals surface area contributed by atoms with Crippen molar-refractivity contribution in [2.75, 3.05) is 13.7 Å². The molecule has 0 amide bonds. The highest BCUT2D eigenvalue weighted by atomic mass is 79.9. The van der Waals surface area contributed by atoms with Gasteiger partial charge in [-0.1, -0.05) is 30.3 Å². The Morgan fingerprint density at radius 2 is 1.91 bits per heavy atom. The van der Waals surface area contributed by atoms with Crippen molar-refractivity contribution in [1.29, 1.82) is 0 Å². The molecule has 0 bridgehead atoms. The number of benzene rings is 2. The molecule has 0 radical (unpaired) electrons. The van der Waals surface area contributed by atoms with Gasteiger partial charge in [0, 0.05) is 12.6 Å². The second kappa shape index (κ2) is 8.20. The monoisotopic (exact) mass is 363 g/mol. The first-order valence-electron chi connectivity index (χ1n) is 7.43. The second-order valence-electron chi connectivity index (χ2n) is 5.06. The smallest absolute Gasteiger partial charge is 0.174 e. The Morgan fingerprint density at radius 3 is 2.55 bits per heavy atom. The standard InChI is InChI=1S/C18H22BrNO2/c1-4-22-17-11-14(10-16(19)18(17)21-3)12-20-13(2)15-8-6-5-7-9-15/h5-11,13,20H,4,12H2,1-3H3/t13-/m0/s1. The van der Waals surface area contributed by atoms with Gasteiger partial charge in [0.25, 0.3) is 0 Å². The van der Waals surface area contributed by atoms with E-state index in [1.54, 1.807) is 7.11 Å². The van der Waals surface area contributed by atoms with E-state index in [0.717, 1.165) is 28.1 Å². The van der Waals surface area contributed by atoms with Gasteiger partial charge in [-0.2, -0.15) is 0 Å². The van der Waals surface area contributed by atoms with Crippen LogP contribution in [0.2, 0.25) is 0 Å². The summed E-state index contributed by atoms with van der Waals surface area (Å²) in [6, 6.07) is 14.8. The molecule has 0 saturated heterocycles. The van der Waals surface area contributed by atoms with E-state index in [1.807, 2.05) is 19.1 Å². The van der Waals surface area contributed by atoms with Crippen molar-refractivity contribution in [2.45, 2.75) is 26.4 Å². The first kappa shape index (κ1) is 16.8. The Morgan fingerprint density at radius 1 is 1.18 bits per heavy atom. The van der Waals surface area contributed by atoms with Crippen molar-refractivity contribution < 1.29 is 9.47 Å². The molecule has 1 N–H and O–H groups in total. The Bertz CT molecular complexity index is 602. The molecule has 4 heteroatoms. The minimum Gasteiger partial charge on any atom is -0.492 e. The van der Waals surface area contributed by atoms with Crippen LogP contribution in [0.15, 0.2) is 46.9 Å². The summed E-state index contributed by atoms with van der Waals surface area (Å²) in [6.07, 6.45) is 0. The van der Waals surface area contributed by atoms with Gasteiger partial charge in [-0.15, -0.1) is 0 Å². The van der Waals surface area contributed by atoms with Gasteiger partial charge in [-0.25, -0.2) is 0 Å². The summed E-state index contributed by atoms with van der Waals surface area (Å²) in [5.74, 6) is 1.50. The second-order valence-corrected chi connectivity index (χ2v) is 5.91. The molecule has 0 aliphatic rings. The molecule has 0 saturated carbocycles. The van der Waals surface area contributed by atoms with Crippen LogP contribution in [0.25, 0.3) is 0 Å². The van der Waals surface area contributed by atoms with Crippen LogP contribution in [0.5, 0.6) is 11.5 Å². The molecular formula is C18H22BrNO2. The third-order valence-corrected chi connectivity index (χ3v) is 4.07. The largest absolute Gasteiger partial charge is 0.492 e. The van der Waals surface area contributed by atoms with Crippen LogP contribution >= 0.6 is 15.9 Å². The predicted molar refractivity (Wildman–Crippen MR) is 93.6 cm³/mol. The van der Waals surface area contributed by atoms with E-state index < -0.39 is 0 Å². The maximum absolute atomic E-state index is 5.66. The van der Waals surface area contributed by atoms with Gasteiger partial charge in [0.2, 0.25) is 0 Å². The number of methoxy groups -OCH3 is 1. The normalized spacial score (nSPS) is 12.0. The lowest BCUT2D eigenvalue weighted by Gasteiger charge is -2.16. The fourth-order valence-electron chi connectivity index (χ4n) is 2.31. The predicted octanol–water partition coefficient (Wildman–Crippen LogP) is 4.71. The number of nitrogens with one attached hydrogen (secondary N) is 1. The van der Waals surface area contributed by atoms with E-state index in [1.165, 1.54) is 5.56 Å². The van der Waals surface area contributed by atoms with E-state index in [2.05, 4.69) is 58.5 Å². The molecule has 0 spiro atoms. The molecule has 0 heterocycles. The Balaban J connectivity index is 2.09. The Labute approximate surface area is 140 Å². The molecule has 22 heavy (non-hydrogen) atoms. The zero-order chi connectivity index (χ0) is 15.9. The molecular weight excluding hydrogens is 342 g/mol. The molecule has 3 nitrogen and oxygen atoms in total. The lowest BCUT2D eigenvalue weighted by molar-refractivity contribution is 0.309. The molecule has 0 aliphatic carbocycles. The maximum Gasteiger partial charge on any atom is 0.174 e. The highest BCUT2D eigenvalue weighted by Gasteiger charge is 2.12. The zero-order valence-electron chi connectivity index (χ0n) is 13.2. The fraction of sp³-hybridized carbons (Fsp3) is 0.333. The van der Waals surface area contributed by atoms with E-state index in [0.29, 0.717) is 6.61 Å². The number of hydrogen-bond donors (Lipinski definition) is 1. The minimum absolute atomic E-state index is 0.289. The summed E-state index contributed by atoms with van der Waals surface area (Å²) < 4.78 is 12.0. The quantitative estimate of drug-likeness (QED) is 0.772. The molecule has 118 valence electrons. The Kier molecular flexibility index (Phi) is 6.28. The van der Waals surface area contributed by atoms with Crippen LogP contribution in [0.3, 0.4) is 0 Å². The molecule has 0 aromatic heterocycles. The van der Waals surface area contributed by atoms with Crippen LogP contribution in [0, 0.1) is 0 Å². The van der Waals surface area contributed by atoms with Crippen LogP contribution in [-0.4, -0.2) is 13.7 Å². The lowest BCUT2D eigenvalue weighted by Crippen LogP contribution is -2.18. The summed E-state index contributed by atoms with van der Waals surface area (Å²) in [4.78, 5) is 0. The van der Waals surface area contributed by atoms with E-state index in [4.69, 9.17) is 9.47 Å². The van der Waals surface area contributed by atoms with Gasteiger partial charge in [0.15, 0.2) is 11.5 Å². The number of halogens is 1. The first-order valence-corrected chi connectivity index (χ1v) is 8.22. The number of hydrogen-bond acceptors (Lipinski definition) is 3. The van der Waals surface area contributed by atoms with E-state index in [9.17, 15) is 0 Å². The van der Waals surface area contributed by atoms with Crippen LogP contribution < -0.4 is 14.8 Å². The zero-order valence-corrected chi connectivity index (χ0v) is 14.8. The third-order valence-electron chi connectivity index (χ3n) is 3.49. The van der Waals surface area contributed by atoms with Gasteiger partial charge in [0.1, 0.15) is 0 Å². The van der Waals surface area contributed by atoms with Gasteiger partial charge in [0.05, 0.1) is 18.2 Å². The van der Waals surface area contributed by atoms with E-state index >= 15 is 0 Å². The SMILES string of the molecule is CCOc1cc(CN[C@@H](C)c2ccccc2)cc(Br)c1OC. The van der Waals surface area contributed by atoms with Crippen LogP contribution in [-0.2, 0) is 6.54 Å². The number of rotatable bonds is 7. The summed E-state index contributed by atoms with van der Waals surface area (Å²) >= 11 is 3.55. The summed E-state index contributed by atoms with van der Waals surface area (Å²) in [6.45, 7) is 5.51. The molecule has 0 aliphatic heterocycles. The number of ether oxygens (including phenoxy) is 2. The highest BCUT2D eigenvalue weighted by molar-refractivity contribution is 9.10. The minimum atomic E-state index is 0.289. The summed E-state index contributed by atoms with van der Waals surface area (Å²) in [7, 11) is 1.65. The molecule has 2 rings (SSSR count). The van der Waals surface area contributed by atoms with Gasteiger partial charge >= 0.3 is 0 Å². The van der Waals surface area contributed by atoms with Gasteiger partial charge in [-0.05, 0) is 53.0 Å². The maximum atomic E-state index is 5.66. The topological polar surface area (TPSA) is 30.5 Å². The van der Waals surface area contributed by atoms with Crippen molar-refractivity contribution >= 4 is 15.9 Å². The average Bonchev–Trinajstić information content (AvgIpc) is 2.53. The summed E-state index contributed by atoms with van der Waals surface area (Å²) in [5.41, 5.74) is 2.43. The van der Waals surface area contributed by atoms with Crippen molar-refractivity contribution in [3.05, 3.63) is 58.1 Å². The fourth-order valence-corrected chi connectivity index (χ4v) is 2.97. The third kappa shape index (κ3) is 4.24. The van der Waals surface area contributed by atoms with Crippen molar-refractivity contribution in [3.8, 4) is 11.5 Å². The average molecular weight is 364 g/mol. The van der Waals surface area contributed by atoms with Crippen molar-refractivity contribution in [2.24, 2.45) is 0 Å². The summed E-state index contributed by atoms with van der Waals surface area (Å²) in [5, 5.41) is 3.53. The molecule has 1 atom stereocenters. The lowest BCUT2D eigenvalue weighted by atomic mass is 10.1. The Hall–Kier alpha value is -1.52. The molecule has 0 unspecified atom stereocenters. The van der Waals surface area contributed by atoms with E-state index in [-0.39, 0.29) is 6.04 Å². The molecule has 0 fully saturated rings. The van der Waals surface area contributed by atoms with Crippen LogP contribution in [0.4, 0.5) is 0 Å². The van der Waals surface area contributed by atoms with Crippen molar-refractivity contribution in [3.63, 3.8) is 0 Å². The molecule has 2 aromatic carbocycles. The highest BCUT2D eigenvalue weighted by Crippen LogP contribution is 2.36. The van der Waals surface area contributed by atoms with Gasteiger partial charge < -0.3 is 14.8 Å². The first-order chi connectivity index (χ1) is 10.7. The van der Waals surface area contributed by atoms with Crippen LogP contribution in [0.1, 0.15) is 31.0 Å². The van der Waals surface area contributed by atoms with Gasteiger partial charge in [-0.3, -0.25) is 0 Å². The van der Waals surface area contributed by atoms with Crippen molar-refractivity contribution in [1.82, 2.24) is 5.32 Å².